The van der Waals surface area contributed by atoms with Crippen molar-refractivity contribution in [2.75, 3.05) is 10.7 Å². The van der Waals surface area contributed by atoms with Crippen molar-refractivity contribution in [1.82, 2.24) is 0 Å². The molecule has 0 aliphatic rings. The minimum absolute atomic E-state index is 0.264. The number of rotatable bonds is 3. The smallest absolute Gasteiger partial charge is 0.257 e. The van der Waals surface area contributed by atoms with Crippen molar-refractivity contribution in [3.63, 3.8) is 0 Å². The number of nitrogens with two attached hydrogens (primary N) is 1. The monoisotopic (exact) mass is 387 g/mol. The molecular formula is C13H11ClIN3O. The number of hydrogen-bond acceptors (Lipinski definition) is 3. The number of para-hydroxylation sites is 1. The van der Waals surface area contributed by atoms with Gasteiger partial charge in [-0.15, -0.1) is 0 Å². The van der Waals surface area contributed by atoms with Gasteiger partial charge < -0.3 is 10.7 Å². The highest BCUT2D eigenvalue weighted by Gasteiger charge is 2.12. The van der Waals surface area contributed by atoms with Crippen LogP contribution >= 0.6 is 34.2 Å². The van der Waals surface area contributed by atoms with Gasteiger partial charge in [0.2, 0.25) is 0 Å². The molecule has 4 nitrogen and oxygen atoms in total. The Balaban J connectivity index is 2.30. The third-order valence-corrected chi connectivity index (χ3v) is 3.68. The van der Waals surface area contributed by atoms with E-state index in [-0.39, 0.29) is 5.91 Å². The zero-order valence-electron chi connectivity index (χ0n) is 9.78. The third kappa shape index (κ3) is 3.37. The summed E-state index contributed by atoms with van der Waals surface area (Å²) >= 11 is 8.06. The predicted octanol–water partition coefficient (Wildman–Crippen LogP) is 3.48. The number of hydrazine groups is 1. The summed E-state index contributed by atoms with van der Waals surface area (Å²) in [4.78, 5) is 12.2. The van der Waals surface area contributed by atoms with Crippen molar-refractivity contribution in [2.45, 2.75) is 0 Å². The normalized spacial score (nSPS) is 10.1. The van der Waals surface area contributed by atoms with Crippen molar-refractivity contribution < 1.29 is 4.79 Å². The largest absolute Gasteiger partial charge is 0.323 e. The number of carbonyl (C=O) groups is 1. The number of nitrogens with one attached hydrogen (secondary N) is 2. The lowest BCUT2D eigenvalue weighted by molar-refractivity contribution is 0.102. The fourth-order valence-electron chi connectivity index (χ4n) is 1.58. The summed E-state index contributed by atoms with van der Waals surface area (Å²) in [5.74, 6) is 5.12. The second-order valence-electron chi connectivity index (χ2n) is 3.77. The van der Waals surface area contributed by atoms with Gasteiger partial charge in [-0.2, -0.15) is 0 Å². The van der Waals surface area contributed by atoms with Crippen molar-refractivity contribution >= 4 is 51.5 Å². The second-order valence-corrected chi connectivity index (χ2v) is 5.37. The van der Waals surface area contributed by atoms with Gasteiger partial charge in [0.05, 0.1) is 16.9 Å². The maximum Gasteiger partial charge on any atom is 0.257 e. The van der Waals surface area contributed by atoms with Gasteiger partial charge in [0.1, 0.15) is 0 Å². The molecule has 19 heavy (non-hydrogen) atoms. The van der Waals surface area contributed by atoms with Crippen LogP contribution in [-0.2, 0) is 0 Å². The molecule has 0 aliphatic carbocycles. The van der Waals surface area contributed by atoms with E-state index in [9.17, 15) is 4.79 Å². The van der Waals surface area contributed by atoms with E-state index in [4.69, 9.17) is 17.4 Å². The van der Waals surface area contributed by atoms with Crippen LogP contribution in [0.25, 0.3) is 0 Å². The third-order valence-electron chi connectivity index (χ3n) is 2.50. The summed E-state index contributed by atoms with van der Waals surface area (Å²) < 4.78 is 0.956. The van der Waals surface area contributed by atoms with Crippen molar-refractivity contribution in [2.24, 2.45) is 5.84 Å². The van der Waals surface area contributed by atoms with E-state index in [0.717, 1.165) is 9.26 Å². The van der Waals surface area contributed by atoms with Crippen LogP contribution in [0.3, 0.4) is 0 Å². The summed E-state index contributed by atoms with van der Waals surface area (Å²) in [5.41, 5.74) is 4.15. The molecule has 98 valence electrons. The van der Waals surface area contributed by atoms with E-state index in [1.807, 2.05) is 24.3 Å². The molecule has 2 aromatic rings. The van der Waals surface area contributed by atoms with Crippen LogP contribution in [0.2, 0.25) is 5.02 Å². The highest BCUT2D eigenvalue weighted by atomic mass is 127. The van der Waals surface area contributed by atoms with Gasteiger partial charge in [0.25, 0.3) is 5.91 Å². The SMILES string of the molecule is NNc1ccc(Cl)cc1C(=O)Nc1ccccc1I. The first-order valence-electron chi connectivity index (χ1n) is 5.44. The van der Waals surface area contributed by atoms with Gasteiger partial charge in [0, 0.05) is 8.59 Å². The molecule has 0 spiro atoms. The zero-order valence-corrected chi connectivity index (χ0v) is 12.7. The van der Waals surface area contributed by atoms with Crippen molar-refractivity contribution in [3.8, 4) is 0 Å². The van der Waals surface area contributed by atoms with Crippen LogP contribution in [0, 0.1) is 3.57 Å². The molecule has 2 aromatic carbocycles. The fraction of sp³-hybridized carbons (Fsp3) is 0. The lowest BCUT2D eigenvalue weighted by atomic mass is 10.1. The number of carbonyl (C=O) groups excluding carboxylic acids is 1. The molecule has 0 heterocycles. The molecule has 2 rings (SSSR count). The van der Waals surface area contributed by atoms with Gasteiger partial charge >= 0.3 is 0 Å². The summed E-state index contributed by atoms with van der Waals surface area (Å²) in [7, 11) is 0. The Hall–Kier alpha value is -1.31. The zero-order chi connectivity index (χ0) is 13.8. The van der Waals surface area contributed by atoms with E-state index >= 15 is 0 Å². The number of benzene rings is 2. The Labute approximate surface area is 129 Å². The molecule has 0 atom stereocenters. The molecular weight excluding hydrogens is 377 g/mol. The van der Waals surface area contributed by atoms with Crippen LogP contribution in [0.4, 0.5) is 11.4 Å². The summed E-state index contributed by atoms with van der Waals surface area (Å²) in [5, 5.41) is 3.31. The summed E-state index contributed by atoms with van der Waals surface area (Å²) in [6.07, 6.45) is 0. The number of anilines is 2. The quantitative estimate of drug-likeness (QED) is 0.429. The predicted molar refractivity (Wildman–Crippen MR) is 86.4 cm³/mol. The van der Waals surface area contributed by atoms with Crippen LogP contribution in [0.5, 0.6) is 0 Å². The Kier molecular flexibility index (Phi) is 4.62. The Bertz CT molecular complexity index is 619. The van der Waals surface area contributed by atoms with Crippen LogP contribution in [0.15, 0.2) is 42.5 Å². The molecule has 0 aromatic heterocycles. The molecule has 1 amide bonds. The van der Waals surface area contributed by atoms with Crippen LogP contribution in [0.1, 0.15) is 10.4 Å². The average Bonchev–Trinajstić information content (AvgIpc) is 2.41. The first kappa shape index (κ1) is 14.1. The number of hydrogen-bond donors (Lipinski definition) is 3. The molecule has 0 fully saturated rings. The second kappa shape index (κ2) is 6.23. The van der Waals surface area contributed by atoms with Crippen molar-refractivity contribution in [1.29, 1.82) is 0 Å². The van der Waals surface area contributed by atoms with Gasteiger partial charge in [-0.1, -0.05) is 23.7 Å². The number of nitrogen functional groups attached to an aromatic ring is 1. The van der Waals surface area contributed by atoms with Gasteiger partial charge in [-0.05, 0) is 52.9 Å². The van der Waals surface area contributed by atoms with E-state index in [1.165, 1.54) is 0 Å². The minimum Gasteiger partial charge on any atom is -0.323 e. The van der Waals surface area contributed by atoms with E-state index < -0.39 is 0 Å². The van der Waals surface area contributed by atoms with Crippen molar-refractivity contribution in [3.05, 3.63) is 56.6 Å². The van der Waals surface area contributed by atoms with Crippen LogP contribution in [-0.4, -0.2) is 5.91 Å². The lowest BCUT2D eigenvalue weighted by Crippen LogP contribution is -2.17. The standard InChI is InChI=1S/C13H11ClIN3O/c14-8-5-6-11(18-16)9(7-8)13(19)17-12-4-2-1-3-10(12)15/h1-7,18H,16H2,(H,17,19). The van der Waals surface area contributed by atoms with E-state index in [0.29, 0.717) is 16.3 Å². The van der Waals surface area contributed by atoms with Gasteiger partial charge in [-0.25, -0.2) is 0 Å². The average molecular weight is 388 g/mol. The highest BCUT2D eigenvalue weighted by Crippen LogP contribution is 2.23. The molecule has 0 aliphatic heterocycles. The lowest BCUT2D eigenvalue weighted by Gasteiger charge is -2.11. The molecule has 0 saturated heterocycles. The maximum atomic E-state index is 12.2. The van der Waals surface area contributed by atoms with E-state index in [2.05, 4.69) is 33.3 Å². The summed E-state index contributed by atoms with van der Waals surface area (Å²) in [6.45, 7) is 0. The first-order chi connectivity index (χ1) is 9.11. The fourth-order valence-corrected chi connectivity index (χ4v) is 2.28. The molecule has 0 saturated carbocycles. The molecule has 0 bridgehead atoms. The topological polar surface area (TPSA) is 67.1 Å². The molecule has 0 radical (unpaired) electrons. The highest BCUT2D eigenvalue weighted by molar-refractivity contribution is 14.1. The van der Waals surface area contributed by atoms with Crippen LogP contribution < -0.4 is 16.6 Å². The molecule has 0 unspecified atom stereocenters. The maximum absolute atomic E-state index is 12.2. The molecule has 6 heteroatoms. The summed E-state index contributed by atoms with van der Waals surface area (Å²) in [6, 6.07) is 12.4. The Morgan fingerprint density at radius 1 is 1.16 bits per heavy atom. The van der Waals surface area contributed by atoms with Gasteiger partial charge in [-0.3, -0.25) is 10.6 Å². The Morgan fingerprint density at radius 2 is 1.89 bits per heavy atom. The Morgan fingerprint density at radius 3 is 2.58 bits per heavy atom. The molecule has 4 N–H and O–H groups in total. The number of halogens is 2. The first-order valence-corrected chi connectivity index (χ1v) is 6.89. The minimum atomic E-state index is -0.264. The van der Waals surface area contributed by atoms with E-state index in [1.54, 1.807) is 18.2 Å². The number of amides is 1. The van der Waals surface area contributed by atoms with Gasteiger partial charge in [0.15, 0.2) is 0 Å².